The summed E-state index contributed by atoms with van der Waals surface area (Å²) in [5, 5.41) is 11.4. The number of amides is 1. The number of anilines is 1. The highest BCUT2D eigenvalue weighted by atomic mass is 16.4. The first-order chi connectivity index (χ1) is 7.58. The summed E-state index contributed by atoms with van der Waals surface area (Å²) in [6.45, 7) is 1.39. The fourth-order valence-electron chi connectivity index (χ4n) is 1.39. The lowest BCUT2D eigenvalue weighted by atomic mass is 10.3. The Bertz CT molecular complexity index is 574. The summed E-state index contributed by atoms with van der Waals surface area (Å²) >= 11 is 0. The van der Waals surface area contributed by atoms with E-state index < -0.39 is 5.97 Å². The fourth-order valence-corrected chi connectivity index (χ4v) is 1.39. The third-order valence-corrected chi connectivity index (χ3v) is 2.06. The zero-order valence-electron chi connectivity index (χ0n) is 8.47. The Morgan fingerprint density at radius 1 is 1.50 bits per heavy atom. The van der Waals surface area contributed by atoms with Crippen molar-refractivity contribution < 1.29 is 14.7 Å². The second-order valence-electron chi connectivity index (χ2n) is 3.27. The summed E-state index contributed by atoms with van der Waals surface area (Å²) in [7, 11) is 0. The van der Waals surface area contributed by atoms with Gasteiger partial charge in [0, 0.05) is 13.1 Å². The van der Waals surface area contributed by atoms with Crippen LogP contribution in [0.1, 0.15) is 17.3 Å². The Kier molecular flexibility index (Phi) is 2.32. The van der Waals surface area contributed by atoms with Crippen LogP contribution < -0.4 is 5.32 Å². The Hall–Kier alpha value is -2.37. The number of aromatic nitrogens is 2. The predicted molar refractivity (Wildman–Crippen MR) is 56.5 cm³/mol. The molecule has 2 rings (SSSR count). The second kappa shape index (κ2) is 3.65. The van der Waals surface area contributed by atoms with Crippen molar-refractivity contribution in [2.75, 3.05) is 5.32 Å². The molecule has 0 aliphatic heterocycles. The van der Waals surface area contributed by atoms with Crippen molar-refractivity contribution in [3.63, 3.8) is 0 Å². The molecule has 82 valence electrons. The van der Waals surface area contributed by atoms with E-state index in [9.17, 15) is 9.59 Å². The highest BCUT2D eigenvalue weighted by Gasteiger charge is 2.08. The van der Waals surface area contributed by atoms with Gasteiger partial charge in [-0.1, -0.05) is 0 Å². The lowest BCUT2D eigenvalue weighted by Crippen LogP contribution is -2.08. The number of carbonyl (C=O) groups is 2. The van der Waals surface area contributed by atoms with E-state index >= 15 is 0 Å². The van der Waals surface area contributed by atoms with Crippen molar-refractivity contribution in [1.82, 2.24) is 9.38 Å². The molecule has 2 aromatic rings. The zero-order valence-corrected chi connectivity index (χ0v) is 8.47. The molecule has 0 spiro atoms. The zero-order chi connectivity index (χ0) is 11.7. The molecule has 2 aromatic heterocycles. The molecular formula is C10H9N3O3. The summed E-state index contributed by atoms with van der Waals surface area (Å²) in [5.41, 5.74) is 0.635. The monoisotopic (exact) mass is 219 g/mol. The second-order valence-corrected chi connectivity index (χ2v) is 3.27. The minimum absolute atomic E-state index is 0.160. The molecule has 0 aliphatic carbocycles. The van der Waals surface area contributed by atoms with Crippen LogP contribution in [0, 0.1) is 0 Å². The number of aromatic carboxylic acids is 1. The third kappa shape index (κ3) is 1.72. The molecule has 0 atom stereocenters. The van der Waals surface area contributed by atoms with Gasteiger partial charge in [0.05, 0.1) is 11.8 Å². The molecule has 1 amide bonds. The van der Waals surface area contributed by atoms with Gasteiger partial charge in [0.2, 0.25) is 5.91 Å². The largest absolute Gasteiger partial charge is 0.478 e. The molecule has 0 saturated heterocycles. The standard InChI is InChI=1S/C10H9N3O3/c1-6(14)12-9-5-11-8-4-7(10(15)16)2-3-13(8)9/h2-5H,1H3,(H,12,14)(H,15,16). The molecular weight excluding hydrogens is 210 g/mol. The quantitative estimate of drug-likeness (QED) is 0.788. The number of nitrogens with zero attached hydrogens (tertiary/aromatic N) is 2. The third-order valence-electron chi connectivity index (χ3n) is 2.06. The minimum Gasteiger partial charge on any atom is -0.478 e. The van der Waals surface area contributed by atoms with E-state index in [4.69, 9.17) is 5.11 Å². The van der Waals surface area contributed by atoms with Gasteiger partial charge >= 0.3 is 5.97 Å². The maximum Gasteiger partial charge on any atom is 0.335 e. The Morgan fingerprint density at radius 2 is 2.25 bits per heavy atom. The van der Waals surface area contributed by atoms with Crippen molar-refractivity contribution in [2.45, 2.75) is 6.92 Å². The number of imidazole rings is 1. The van der Waals surface area contributed by atoms with E-state index in [2.05, 4.69) is 10.3 Å². The average molecular weight is 219 g/mol. The highest BCUT2D eigenvalue weighted by molar-refractivity contribution is 5.90. The summed E-state index contributed by atoms with van der Waals surface area (Å²) in [4.78, 5) is 25.6. The number of carboxylic acid groups (broad SMARTS) is 1. The van der Waals surface area contributed by atoms with E-state index in [1.165, 1.54) is 25.3 Å². The summed E-state index contributed by atoms with van der Waals surface area (Å²) in [6.07, 6.45) is 3.03. The summed E-state index contributed by atoms with van der Waals surface area (Å²) in [5.74, 6) is -0.699. The van der Waals surface area contributed by atoms with Crippen LogP contribution in [0.4, 0.5) is 5.82 Å². The summed E-state index contributed by atoms with van der Waals surface area (Å²) < 4.78 is 1.60. The van der Waals surface area contributed by atoms with E-state index in [-0.39, 0.29) is 11.5 Å². The van der Waals surface area contributed by atoms with Crippen LogP contribution >= 0.6 is 0 Å². The van der Waals surface area contributed by atoms with Gasteiger partial charge in [-0.3, -0.25) is 9.20 Å². The molecule has 2 heterocycles. The number of nitrogens with one attached hydrogen (secondary N) is 1. The smallest absolute Gasteiger partial charge is 0.335 e. The van der Waals surface area contributed by atoms with Gasteiger partial charge in [-0.05, 0) is 12.1 Å². The van der Waals surface area contributed by atoms with Crippen LogP contribution in [-0.2, 0) is 4.79 Å². The Morgan fingerprint density at radius 3 is 2.88 bits per heavy atom. The minimum atomic E-state index is -1.01. The first-order valence-electron chi connectivity index (χ1n) is 4.56. The van der Waals surface area contributed by atoms with Crippen molar-refractivity contribution in [1.29, 1.82) is 0 Å². The van der Waals surface area contributed by atoms with E-state index in [0.717, 1.165) is 0 Å². The van der Waals surface area contributed by atoms with Crippen LogP contribution in [0.25, 0.3) is 5.65 Å². The van der Waals surface area contributed by atoms with E-state index in [0.29, 0.717) is 11.5 Å². The number of carbonyl (C=O) groups excluding carboxylic acids is 1. The maximum absolute atomic E-state index is 10.9. The lowest BCUT2D eigenvalue weighted by Gasteiger charge is -2.01. The number of hydrogen-bond acceptors (Lipinski definition) is 3. The van der Waals surface area contributed by atoms with Crippen molar-refractivity contribution in [3.05, 3.63) is 30.1 Å². The van der Waals surface area contributed by atoms with Gasteiger partial charge in [-0.2, -0.15) is 0 Å². The molecule has 2 N–H and O–H groups in total. The topological polar surface area (TPSA) is 83.7 Å². The molecule has 0 saturated carbocycles. The normalized spacial score (nSPS) is 10.3. The van der Waals surface area contributed by atoms with Gasteiger partial charge < -0.3 is 10.4 Å². The Balaban J connectivity index is 2.50. The molecule has 16 heavy (non-hydrogen) atoms. The van der Waals surface area contributed by atoms with Gasteiger partial charge in [-0.15, -0.1) is 0 Å². The molecule has 0 bridgehead atoms. The number of carboxylic acids is 1. The van der Waals surface area contributed by atoms with Crippen molar-refractivity contribution >= 4 is 23.3 Å². The van der Waals surface area contributed by atoms with Gasteiger partial charge in [0.25, 0.3) is 0 Å². The van der Waals surface area contributed by atoms with E-state index in [1.807, 2.05) is 0 Å². The first-order valence-corrected chi connectivity index (χ1v) is 4.56. The molecule has 0 fully saturated rings. The molecule has 6 nitrogen and oxygen atoms in total. The molecule has 0 radical (unpaired) electrons. The van der Waals surface area contributed by atoms with Crippen LogP contribution in [0.5, 0.6) is 0 Å². The lowest BCUT2D eigenvalue weighted by molar-refractivity contribution is -0.114. The highest BCUT2D eigenvalue weighted by Crippen LogP contribution is 2.13. The maximum atomic E-state index is 10.9. The average Bonchev–Trinajstić information content (AvgIpc) is 2.60. The SMILES string of the molecule is CC(=O)Nc1cnc2cc(C(=O)O)ccn12. The number of pyridine rings is 1. The molecule has 0 aromatic carbocycles. The van der Waals surface area contributed by atoms with Crippen LogP contribution in [-0.4, -0.2) is 26.4 Å². The Labute approximate surface area is 90.5 Å². The van der Waals surface area contributed by atoms with Crippen LogP contribution in [0.3, 0.4) is 0 Å². The predicted octanol–water partition coefficient (Wildman–Crippen LogP) is 0.991. The summed E-state index contributed by atoms with van der Waals surface area (Å²) in [6, 6.07) is 2.88. The van der Waals surface area contributed by atoms with Gasteiger partial charge in [-0.25, -0.2) is 9.78 Å². The fraction of sp³-hybridized carbons (Fsp3) is 0.100. The molecule has 0 unspecified atom stereocenters. The van der Waals surface area contributed by atoms with Gasteiger partial charge in [0.15, 0.2) is 0 Å². The van der Waals surface area contributed by atoms with E-state index in [1.54, 1.807) is 10.6 Å². The van der Waals surface area contributed by atoms with Crippen molar-refractivity contribution in [2.24, 2.45) is 0 Å². The molecule has 0 aliphatic rings. The van der Waals surface area contributed by atoms with Crippen LogP contribution in [0.15, 0.2) is 24.5 Å². The van der Waals surface area contributed by atoms with Crippen molar-refractivity contribution in [3.8, 4) is 0 Å². The molecule has 6 heteroatoms. The number of fused-ring (bicyclic) bond motifs is 1. The van der Waals surface area contributed by atoms with Gasteiger partial charge in [0.1, 0.15) is 11.5 Å². The van der Waals surface area contributed by atoms with Crippen LogP contribution in [0.2, 0.25) is 0 Å². The first kappa shape index (κ1) is 10.2. The number of hydrogen-bond donors (Lipinski definition) is 2. The number of rotatable bonds is 2.